The Morgan fingerprint density at radius 1 is 0.878 bits per heavy atom. The van der Waals surface area contributed by atoms with Crippen LogP contribution in [-0.4, -0.2) is 54.7 Å². The number of anilines is 2. The van der Waals surface area contributed by atoms with Gasteiger partial charge in [-0.25, -0.2) is 0 Å². The molecule has 11 heteroatoms. The lowest BCUT2D eigenvalue weighted by molar-refractivity contribution is -0.127. The Bertz CT molecular complexity index is 1470. The summed E-state index contributed by atoms with van der Waals surface area (Å²) in [5.74, 6) is -0.0464. The van der Waals surface area contributed by atoms with Crippen molar-refractivity contribution < 1.29 is 33.4 Å². The van der Waals surface area contributed by atoms with Crippen LogP contribution in [0.1, 0.15) is 18.1 Å². The van der Waals surface area contributed by atoms with Crippen LogP contribution >= 0.6 is 11.8 Å². The molecule has 4 amide bonds. The van der Waals surface area contributed by atoms with Gasteiger partial charge in [0.1, 0.15) is 12.3 Å². The molecule has 1 saturated heterocycles. The van der Waals surface area contributed by atoms with Crippen LogP contribution in [0.2, 0.25) is 0 Å². The van der Waals surface area contributed by atoms with E-state index in [1.165, 1.54) is 7.11 Å². The normalized spacial score (nSPS) is 13.7. The molecule has 3 aromatic rings. The number of methoxy groups -OCH3 is 1. The van der Waals surface area contributed by atoms with Crippen LogP contribution in [0.15, 0.2) is 71.6 Å². The van der Waals surface area contributed by atoms with E-state index in [0.717, 1.165) is 22.2 Å². The molecule has 41 heavy (non-hydrogen) atoms. The maximum Gasteiger partial charge on any atom is 0.294 e. The van der Waals surface area contributed by atoms with Crippen molar-refractivity contribution in [2.75, 3.05) is 37.5 Å². The van der Waals surface area contributed by atoms with Crippen LogP contribution in [0.5, 0.6) is 17.2 Å². The molecule has 0 unspecified atom stereocenters. The van der Waals surface area contributed by atoms with E-state index in [-0.39, 0.29) is 17.4 Å². The molecule has 10 nitrogen and oxygen atoms in total. The summed E-state index contributed by atoms with van der Waals surface area (Å²) >= 11 is 0.746. The van der Waals surface area contributed by atoms with Crippen molar-refractivity contribution in [3.8, 4) is 17.2 Å². The molecule has 0 radical (unpaired) electrons. The van der Waals surface area contributed by atoms with Gasteiger partial charge in [-0.3, -0.25) is 24.1 Å². The Morgan fingerprint density at radius 3 is 2.20 bits per heavy atom. The van der Waals surface area contributed by atoms with Crippen molar-refractivity contribution in [1.29, 1.82) is 0 Å². The Labute approximate surface area is 241 Å². The van der Waals surface area contributed by atoms with E-state index in [1.54, 1.807) is 48.5 Å². The summed E-state index contributed by atoms with van der Waals surface area (Å²) in [6.07, 6.45) is 1.54. The highest BCUT2D eigenvalue weighted by atomic mass is 32.2. The zero-order chi connectivity index (χ0) is 29.4. The van der Waals surface area contributed by atoms with Gasteiger partial charge in [0.2, 0.25) is 5.91 Å². The van der Waals surface area contributed by atoms with E-state index in [1.807, 2.05) is 38.1 Å². The molecule has 1 aliphatic rings. The molecule has 0 aromatic heterocycles. The molecule has 1 heterocycles. The van der Waals surface area contributed by atoms with Crippen LogP contribution in [0, 0.1) is 6.92 Å². The summed E-state index contributed by atoms with van der Waals surface area (Å²) in [7, 11) is 1.54. The third-order valence-electron chi connectivity index (χ3n) is 5.81. The quantitative estimate of drug-likeness (QED) is 0.303. The number of imide groups is 1. The molecule has 0 saturated carbocycles. The molecule has 1 aliphatic heterocycles. The molecular formula is C30H29N3O7S. The van der Waals surface area contributed by atoms with Gasteiger partial charge < -0.3 is 24.8 Å². The van der Waals surface area contributed by atoms with Crippen molar-refractivity contribution in [3.05, 3.63) is 82.8 Å². The van der Waals surface area contributed by atoms with E-state index in [2.05, 4.69) is 10.6 Å². The van der Waals surface area contributed by atoms with Crippen LogP contribution in [0.25, 0.3) is 6.08 Å². The number of amides is 4. The zero-order valence-electron chi connectivity index (χ0n) is 22.8. The fourth-order valence-electron chi connectivity index (χ4n) is 3.79. The first-order valence-electron chi connectivity index (χ1n) is 12.7. The van der Waals surface area contributed by atoms with Crippen LogP contribution in [-0.2, 0) is 14.4 Å². The third-order valence-corrected chi connectivity index (χ3v) is 6.72. The monoisotopic (exact) mass is 575 g/mol. The topological polar surface area (TPSA) is 123 Å². The predicted molar refractivity (Wildman–Crippen MR) is 157 cm³/mol. The van der Waals surface area contributed by atoms with Gasteiger partial charge in [-0.2, -0.15) is 0 Å². The van der Waals surface area contributed by atoms with Gasteiger partial charge in [-0.05, 0) is 85.8 Å². The summed E-state index contributed by atoms with van der Waals surface area (Å²) in [5, 5.41) is 4.89. The number of hydrogen-bond acceptors (Lipinski definition) is 8. The van der Waals surface area contributed by atoms with Gasteiger partial charge in [0, 0.05) is 11.4 Å². The number of aryl methyl sites for hydroxylation is 1. The van der Waals surface area contributed by atoms with Crippen molar-refractivity contribution >= 4 is 52.2 Å². The molecule has 3 aromatic carbocycles. The number of nitrogens with zero attached hydrogens (tertiary/aromatic N) is 1. The van der Waals surface area contributed by atoms with Crippen molar-refractivity contribution in [2.45, 2.75) is 13.8 Å². The standard InChI is InChI=1S/C30H29N3O7S/c1-4-39-25-15-20(7-14-24(25)40-18-28(35)32-21-8-5-19(2)6-9-21)16-26-29(36)33(30(37)41-26)17-27(34)31-22-10-12-23(38-3)13-11-22/h5-16H,4,17-18H2,1-3H3,(H,31,34)(H,32,35)/b26-16-. The second-order valence-corrected chi connectivity index (χ2v) is 9.88. The second kappa shape index (κ2) is 13.5. The second-order valence-electron chi connectivity index (χ2n) is 8.89. The largest absolute Gasteiger partial charge is 0.497 e. The molecule has 1 fully saturated rings. The molecule has 2 N–H and O–H groups in total. The summed E-state index contributed by atoms with van der Waals surface area (Å²) in [6.45, 7) is 3.46. The molecule has 0 atom stereocenters. The van der Waals surface area contributed by atoms with Crippen LogP contribution in [0.4, 0.5) is 16.2 Å². The zero-order valence-corrected chi connectivity index (χ0v) is 23.6. The van der Waals surface area contributed by atoms with Crippen LogP contribution < -0.4 is 24.8 Å². The summed E-state index contributed by atoms with van der Waals surface area (Å²) in [5.41, 5.74) is 2.84. The number of rotatable bonds is 11. The minimum atomic E-state index is -0.573. The Kier molecular flexibility index (Phi) is 9.64. The number of carbonyl (C=O) groups excluding carboxylic acids is 4. The summed E-state index contributed by atoms with van der Waals surface area (Å²) < 4.78 is 16.5. The summed E-state index contributed by atoms with van der Waals surface area (Å²) in [4.78, 5) is 51.3. The van der Waals surface area contributed by atoms with E-state index in [9.17, 15) is 19.2 Å². The average molecular weight is 576 g/mol. The highest BCUT2D eigenvalue weighted by Crippen LogP contribution is 2.34. The van der Waals surface area contributed by atoms with Gasteiger partial charge in [0.15, 0.2) is 18.1 Å². The van der Waals surface area contributed by atoms with Gasteiger partial charge >= 0.3 is 0 Å². The molecule has 212 valence electrons. The first-order valence-corrected chi connectivity index (χ1v) is 13.5. The lowest BCUT2D eigenvalue weighted by Gasteiger charge is -2.13. The first-order chi connectivity index (χ1) is 19.7. The Hall–Kier alpha value is -4.77. The number of ether oxygens (including phenoxy) is 3. The van der Waals surface area contributed by atoms with Crippen LogP contribution in [0.3, 0.4) is 0 Å². The van der Waals surface area contributed by atoms with Gasteiger partial charge in [-0.1, -0.05) is 23.8 Å². The SMILES string of the molecule is CCOc1cc(/C=C2\SC(=O)N(CC(=O)Nc3ccc(OC)cc3)C2=O)ccc1OCC(=O)Nc1ccc(C)cc1. The van der Waals surface area contributed by atoms with Gasteiger partial charge in [-0.15, -0.1) is 0 Å². The van der Waals surface area contributed by atoms with E-state index in [0.29, 0.717) is 40.8 Å². The smallest absolute Gasteiger partial charge is 0.294 e. The third kappa shape index (κ3) is 7.89. The van der Waals surface area contributed by atoms with Gasteiger partial charge in [0.05, 0.1) is 18.6 Å². The highest BCUT2D eigenvalue weighted by molar-refractivity contribution is 8.18. The van der Waals surface area contributed by atoms with E-state index in [4.69, 9.17) is 14.2 Å². The minimum absolute atomic E-state index is 0.167. The molecular weight excluding hydrogens is 546 g/mol. The lowest BCUT2D eigenvalue weighted by Crippen LogP contribution is -2.36. The number of nitrogens with one attached hydrogen (secondary N) is 2. The van der Waals surface area contributed by atoms with Gasteiger partial charge in [0.25, 0.3) is 17.1 Å². The fraction of sp³-hybridized carbons (Fsp3) is 0.200. The fourth-order valence-corrected chi connectivity index (χ4v) is 4.62. The van der Waals surface area contributed by atoms with Crippen molar-refractivity contribution in [2.24, 2.45) is 0 Å². The van der Waals surface area contributed by atoms with Crippen molar-refractivity contribution in [1.82, 2.24) is 4.90 Å². The maximum atomic E-state index is 12.9. The number of benzene rings is 3. The number of thioether (sulfide) groups is 1. The number of carbonyl (C=O) groups is 4. The average Bonchev–Trinajstić information content (AvgIpc) is 3.21. The maximum absolute atomic E-state index is 12.9. The molecule has 0 spiro atoms. The predicted octanol–water partition coefficient (Wildman–Crippen LogP) is 5.09. The summed E-state index contributed by atoms with van der Waals surface area (Å²) in [6, 6.07) is 19.1. The highest BCUT2D eigenvalue weighted by Gasteiger charge is 2.36. The Balaban J connectivity index is 1.39. The minimum Gasteiger partial charge on any atom is -0.497 e. The number of hydrogen-bond donors (Lipinski definition) is 2. The molecule has 4 rings (SSSR count). The van der Waals surface area contributed by atoms with Crippen molar-refractivity contribution in [3.63, 3.8) is 0 Å². The molecule has 0 bridgehead atoms. The lowest BCUT2D eigenvalue weighted by atomic mass is 10.2. The van der Waals surface area contributed by atoms with E-state index >= 15 is 0 Å². The Morgan fingerprint density at radius 2 is 1.54 bits per heavy atom. The molecule has 0 aliphatic carbocycles. The first kappa shape index (κ1) is 29.2. The van der Waals surface area contributed by atoms with E-state index < -0.39 is 23.6 Å².